The topological polar surface area (TPSA) is 43.9 Å². The van der Waals surface area contributed by atoms with Gasteiger partial charge in [0.15, 0.2) is 0 Å². The maximum absolute atomic E-state index is 12.8. The fourth-order valence-corrected chi connectivity index (χ4v) is 3.89. The van der Waals surface area contributed by atoms with Gasteiger partial charge in [-0.15, -0.1) is 0 Å². The lowest BCUT2D eigenvalue weighted by Crippen LogP contribution is -2.50. The molecule has 5 nitrogen and oxygen atoms in total. The third-order valence-corrected chi connectivity index (χ3v) is 5.59. The number of benzene rings is 1. The van der Waals surface area contributed by atoms with Crippen molar-refractivity contribution in [3.63, 3.8) is 0 Å². The minimum atomic E-state index is -0.152. The molecule has 2 heterocycles. The molecule has 2 aliphatic rings. The fourth-order valence-electron chi connectivity index (χ4n) is 3.89. The Labute approximate surface area is 156 Å². The summed E-state index contributed by atoms with van der Waals surface area (Å²) in [6.07, 6.45) is 3.66. The van der Waals surface area contributed by atoms with E-state index in [4.69, 9.17) is 0 Å². The van der Waals surface area contributed by atoms with Crippen LogP contribution in [0.15, 0.2) is 30.3 Å². The summed E-state index contributed by atoms with van der Waals surface area (Å²) in [5.41, 5.74) is 1.23. The Morgan fingerprint density at radius 1 is 1.08 bits per heavy atom. The zero-order valence-corrected chi connectivity index (χ0v) is 15.9. The second-order valence-electron chi connectivity index (χ2n) is 7.50. The lowest BCUT2D eigenvalue weighted by molar-refractivity contribution is -0.137. The minimum absolute atomic E-state index is 0.126. The monoisotopic (exact) mass is 357 g/mol. The van der Waals surface area contributed by atoms with E-state index in [1.807, 2.05) is 28.0 Å². The molecule has 0 unspecified atom stereocenters. The Morgan fingerprint density at radius 3 is 2.50 bits per heavy atom. The molecule has 3 rings (SSSR count). The number of rotatable bonds is 7. The van der Waals surface area contributed by atoms with E-state index in [9.17, 15) is 9.59 Å². The van der Waals surface area contributed by atoms with E-state index in [2.05, 4.69) is 24.0 Å². The number of carbonyl (C=O) groups is 2. The largest absolute Gasteiger partial charge is 0.342 e. The average molecular weight is 357 g/mol. The molecular formula is C21H31N3O2. The first-order chi connectivity index (χ1) is 12.7. The van der Waals surface area contributed by atoms with Crippen LogP contribution in [0.2, 0.25) is 0 Å². The fraction of sp³-hybridized carbons (Fsp3) is 0.619. The molecule has 0 radical (unpaired) electrons. The first-order valence-electron chi connectivity index (χ1n) is 10.00. The van der Waals surface area contributed by atoms with Gasteiger partial charge in [0.2, 0.25) is 11.8 Å². The van der Waals surface area contributed by atoms with Crippen LogP contribution in [0.5, 0.6) is 0 Å². The molecule has 0 aromatic heterocycles. The predicted molar refractivity (Wildman–Crippen MR) is 103 cm³/mol. The Balaban J connectivity index is 1.45. The Kier molecular flexibility index (Phi) is 6.67. The summed E-state index contributed by atoms with van der Waals surface area (Å²) in [7, 11) is 0. The highest BCUT2D eigenvalue weighted by molar-refractivity contribution is 5.89. The lowest BCUT2D eigenvalue weighted by Gasteiger charge is -2.35. The van der Waals surface area contributed by atoms with Gasteiger partial charge in [0.25, 0.3) is 0 Å². The molecule has 2 aliphatic heterocycles. The van der Waals surface area contributed by atoms with E-state index in [0.29, 0.717) is 19.5 Å². The molecule has 1 atom stereocenters. The van der Waals surface area contributed by atoms with Crippen molar-refractivity contribution in [2.24, 2.45) is 5.92 Å². The Hall–Kier alpha value is -1.88. The molecule has 1 aromatic rings. The number of amides is 2. The number of nitrogens with zero attached hydrogens (tertiary/aromatic N) is 3. The van der Waals surface area contributed by atoms with Crippen LogP contribution in [0, 0.1) is 5.92 Å². The molecule has 5 heteroatoms. The third kappa shape index (κ3) is 4.85. The van der Waals surface area contributed by atoms with Crippen LogP contribution in [-0.4, -0.2) is 72.3 Å². The molecule has 0 N–H and O–H groups in total. The van der Waals surface area contributed by atoms with Crippen molar-refractivity contribution in [1.29, 1.82) is 0 Å². The van der Waals surface area contributed by atoms with Crippen LogP contribution in [0.3, 0.4) is 0 Å². The van der Waals surface area contributed by atoms with Crippen molar-refractivity contribution in [2.75, 3.05) is 45.8 Å². The van der Waals surface area contributed by atoms with Gasteiger partial charge in [0.1, 0.15) is 0 Å². The quantitative estimate of drug-likeness (QED) is 0.750. The molecule has 0 aliphatic carbocycles. The molecule has 2 saturated heterocycles. The van der Waals surface area contributed by atoms with Crippen LogP contribution < -0.4 is 0 Å². The number of unbranched alkanes of at least 4 members (excludes halogenated alkanes) is 1. The molecule has 142 valence electrons. The first-order valence-corrected chi connectivity index (χ1v) is 10.00. The van der Waals surface area contributed by atoms with Gasteiger partial charge in [-0.25, -0.2) is 0 Å². The van der Waals surface area contributed by atoms with Crippen molar-refractivity contribution < 1.29 is 9.59 Å². The zero-order chi connectivity index (χ0) is 18.4. The van der Waals surface area contributed by atoms with Gasteiger partial charge in [0.05, 0.1) is 5.92 Å². The van der Waals surface area contributed by atoms with Crippen LogP contribution in [0.1, 0.15) is 31.7 Å². The Bertz CT molecular complexity index is 597. The first kappa shape index (κ1) is 18.9. The van der Waals surface area contributed by atoms with Crippen molar-refractivity contribution in [3.8, 4) is 0 Å². The van der Waals surface area contributed by atoms with Gasteiger partial charge >= 0.3 is 0 Å². The summed E-state index contributed by atoms with van der Waals surface area (Å²) in [5.74, 6) is 0.150. The van der Waals surface area contributed by atoms with E-state index in [0.717, 1.165) is 39.1 Å². The third-order valence-electron chi connectivity index (χ3n) is 5.59. The average Bonchev–Trinajstić information content (AvgIpc) is 3.06. The maximum Gasteiger partial charge on any atom is 0.228 e. The number of carbonyl (C=O) groups excluding carboxylic acids is 2. The molecule has 26 heavy (non-hydrogen) atoms. The van der Waals surface area contributed by atoms with Gasteiger partial charge in [-0.05, 0) is 24.9 Å². The molecule has 2 amide bonds. The number of likely N-dealkylation sites (tertiary alicyclic amines) is 1. The summed E-state index contributed by atoms with van der Waals surface area (Å²) < 4.78 is 0. The van der Waals surface area contributed by atoms with Gasteiger partial charge in [-0.1, -0.05) is 43.7 Å². The van der Waals surface area contributed by atoms with E-state index >= 15 is 0 Å². The van der Waals surface area contributed by atoms with Crippen LogP contribution in [0.25, 0.3) is 0 Å². The van der Waals surface area contributed by atoms with E-state index in [1.54, 1.807) is 0 Å². The smallest absolute Gasteiger partial charge is 0.228 e. The molecule has 0 bridgehead atoms. The number of hydrogen-bond acceptors (Lipinski definition) is 3. The molecule has 0 spiro atoms. The second kappa shape index (κ2) is 9.17. The van der Waals surface area contributed by atoms with Gasteiger partial charge < -0.3 is 9.80 Å². The Morgan fingerprint density at radius 2 is 1.81 bits per heavy atom. The molecular weight excluding hydrogens is 326 g/mol. The number of hydrogen-bond donors (Lipinski definition) is 0. The SMILES string of the molecule is CCCCN1CCN(C(=O)[C@H]2CC(=O)N(CCc3ccccc3)C2)CC1. The maximum atomic E-state index is 12.8. The predicted octanol–water partition coefficient (Wildman–Crippen LogP) is 2.02. The van der Waals surface area contributed by atoms with E-state index in [-0.39, 0.29) is 17.7 Å². The summed E-state index contributed by atoms with van der Waals surface area (Å²) >= 11 is 0. The van der Waals surface area contributed by atoms with Crippen molar-refractivity contribution >= 4 is 11.8 Å². The molecule has 0 saturated carbocycles. The second-order valence-corrected chi connectivity index (χ2v) is 7.50. The van der Waals surface area contributed by atoms with Gasteiger partial charge in [0, 0.05) is 45.7 Å². The zero-order valence-electron chi connectivity index (χ0n) is 15.9. The van der Waals surface area contributed by atoms with E-state index in [1.165, 1.54) is 18.4 Å². The lowest BCUT2D eigenvalue weighted by atomic mass is 10.1. The van der Waals surface area contributed by atoms with Gasteiger partial charge in [-0.2, -0.15) is 0 Å². The summed E-state index contributed by atoms with van der Waals surface area (Å²) in [6, 6.07) is 10.2. The standard InChI is InChI=1S/C21H31N3O2/c1-2-3-10-22-12-14-23(15-13-22)21(26)19-16-20(25)24(17-19)11-9-18-7-5-4-6-8-18/h4-8,19H,2-3,9-17H2,1H3/t19-/m0/s1. The van der Waals surface area contributed by atoms with Crippen molar-refractivity contribution in [2.45, 2.75) is 32.6 Å². The van der Waals surface area contributed by atoms with Gasteiger partial charge in [-0.3, -0.25) is 14.5 Å². The van der Waals surface area contributed by atoms with Crippen LogP contribution in [0.4, 0.5) is 0 Å². The highest BCUT2D eigenvalue weighted by atomic mass is 16.2. The summed E-state index contributed by atoms with van der Waals surface area (Å²) in [4.78, 5) is 31.4. The normalized spacial score (nSPS) is 21.4. The van der Waals surface area contributed by atoms with Crippen molar-refractivity contribution in [1.82, 2.24) is 14.7 Å². The van der Waals surface area contributed by atoms with E-state index < -0.39 is 0 Å². The highest BCUT2D eigenvalue weighted by Gasteiger charge is 2.36. The van der Waals surface area contributed by atoms with Crippen molar-refractivity contribution in [3.05, 3.63) is 35.9 Å². The van der Waals surface area contributed by atoms with Crippen LogP contribution >= 0.6 is 0 Å². The summed E-state index contributed by atoms with van der Waals surface area (Å²) in [6.45, 7) is 8.16. The van der Waals surface area contributed by atoms with Crippen LogP contribution in [-0.2, 0) is 16.0 Å². The molecule has 1 aromatic carbocycles. The molecule has 2 fully saturated rings. The summed E-state index contributed by atoms with van der Waals surface area (Å²) in [5, 5.41) is 0. The minimum Gasteiger partial charge on any atom is -0.342 e. The highest BCUT2D eigenvalue weighted by Crippen LogP contribution is 2.21. The number of piperazine rings is 1.